The fourth-order valence-electron chi connectivity index (χ4n) is 3.10. The molecular formula is C15H28N2O3. The van der Waals surface area contributed by atoms with Crippen molar-refractivity contribution in [1.82, 2.24) is 10.6 Å². The minimum Gasteiger partial charge on any atom is -0.481 e. The Morgan fingerprint density at radius 3 is 2.15 bits per heavy atom. The summed E-state index contributed by atoms with van der Waals surface area (Å²) in [5.41, 5.74) is 0. The van der Waals surface area contributed by atoms with E-state index in [-0.39, 0.29) is 30.5 Å². The van der Waals surface area contributed by atoms with Gasteiger partial charge < -0.3 is 15.7 Å². The van der Waals surface area contributed by atoms with E-state index in [1.165, 1.54) is 6.42 Å². The zero-order chi connectivity index (χ0) is 15.3. The normalized spacial score (nSPS) is 27.9. The van der Waals surface area contributed by atoms with Gasteiger partial charge in [-0.25, -0.2) is 4.79 Å². The highest BCUT2D eigenvalue weighted by atomic mass is 16.4. The highest BCUT2D eigenvalue weighted by Crippen LogP contribution is 2.28. The molecule has 0 aromatic carbocycles. The third-order valence-corrected chi connectivity index (χ3v) is 4.03. The van der Waals surface area contributed by atoms with Crippen molar-refractivity contribution in [1.29, 1.82) is 0 Å². The smallest absolute Gasteiger partial charge is 0.315 e. The monoisotopic (exact) mass is 284 g/mol. The highest BCUT2D eigenvalue weighted by Gasteiger charge is 2.26. The van der Waals surface area contributed by atoms with Crippen LogP contribution >= 0.6 is 0 Å². The maximum absolute atomic E-state index is 12.0. The van der Waals surface area contributed by atoms with Crippen molar-refractivity contribution in [3.8, 4) is 0 Å². The van der Waals surface area contributed by atoms with Crippen molar-refractivity contribution in [2.75, 3.05) is 0 Å². The molecule has 0 spiro atoms. The van der Waals surface area contributed by atoms with Crippen LogP contribution in [0, 0.1) is 17.8 Å². The van der Waals surface area contributed by atoms with E-state index >= 15 is 0 Å². The summed E-state index contributed by atoms with van der Waals surface area (Å²) in [6.45, 7) is 8.25. The van der Waals surface area contributed by atoms with Gasteiger partial charge >= 0.3 is 12.0 Å². The Morgan fingerprint density at radius 1 is 1.15 bits per heavy atom. The van der Waals surface area contributed by atoms with Gasteiger partial charge in [-0.3, -0.25) is 4.79 Å². The van der Waals surface area contributed by atoms with E-state index in [2.05, 4.69) is 24.5 Å². The molecule has 3 unspecified atom stereocenters. The van der Waals surface area contributed by atoms with Gasteiger partial charge in [-0.1, -0.05) is 27.7 Å². The number of carboxylic acids is 1. The lowest BCUT2D eigenvalue weighted by Crippen LogP contribution is -2.50. The molecule has 1 saturated carbocycles. The van der Waals surface area contributed by atoms with E-state index in [4.69, 9.17) is 5.11 Å². The summed E-state index contributed by atoms with van der Waals surface area (Å²) in [7, 11) is 0. The number of urea groups is 1. The van der Waals surface area contributed by atoms with Gasteiger partial charge in [0.15, 0.2) is 0 Å². The highest BCUT2D eigenvalue weighted by molar-refractivity contribution is 5.76. The van der Waals surface area contributed by atoms with Crippen LogP contribution < -0.4 is 10.6 Å². The molecule has 20 heavy (non-hydrogen) atoms. The third-order valence-electron chi connectivity index (χ3n) is 4.03. The van der Waals surface area contributed by atoms with Crippen molar-refractivity contribution in [3.63, 3.8) is 0 Å². The van der Waals surface area contributed by atoms with Gasteiger partial charge in [0, 0.05) is 12.1 Å². The maximum atomic E-state index is 12.0. The van der Waals surface area contributed by atoms with Crippen LogP contribution in [0.1, 0.15) is 53.4 Å². The summed E-state index contributed by atoms with van der Waals surface area (Å²) >= 11 is 0. The van der Waals surface area contributed by atoms with Gasteiger partial charge in [-0.2, -0.15) is 0 Å². The summed E-state index contributed by atoms with van der Waals surface area (Å²) in [4.78, 5) is 22.8. The lowest BCUT2D eigenvalue weighted by molar-refractivity contribution is -0.137. The van der Waals surface area contributed by atoms with Crippen LogP contribution in [-0.4, -0.2) is 29.2 Å². The number of nitrogens with one attached hydrogen (secondary N) is 2. The zero-order valence-corrected chi connectivity index (χ0v) is 13.0. The second-order valence-electron chi connectivity index (χ2n) is 6.68. The number of rotatable bonds is 5. The van der Waals surface area contributed by atoms with Crippen LogP contribution in [0.15, 0.2) is 0 Å². The van der Waals surface area contributed by atoms with Gasteiger partial charge in [0.1, 0.15) is 0 Å². The predicted molar refractivity (Wildman–Crippen MR) is 78.5 cm³/mol. The molecule has 5 heteroatoms. The van der Waals surface area contributed by atoms with E-state index in [0.717, 1.165) is 12.8 Å². The first-order valence-corrected chi connectivity index (χ1v) is 7.56. The first-order chi connectivity index (χ1) is 9.27. The number of carbonyl (C=O) groups excluding carboxylic acids is 1. The quantitative estimate of drug-likeness (QED) is 0.726. The SMILES string of the molecule is CC1CC(C)CC(NC(=O)NC(CC(=O)O)C(C)C)C1. The second-order valence-corrected chi connectivity index (χ2v) is 6.68. The summed E-state index contributed by atoms with van der Waals surface area (Å²) < 4.78 is 0. The Morgan fingerprint density at radius 2 is 1.70 bits per heavy atom. The second kappa shape index (κ2) is 7.50. The molecule has 2 amide bonds. The van der Waals surface area contributed by atoms with Crippen molar-refractivity contribution in [2.45, 2.75) is 65.5 Å². The number of carboxylic acid groups (broad SMARTS) is 1. The summed E-state index contributed by atoms with van der Waals surface area (Å²) in [6, 6.07) is -0.367. The van der Waals surface area contributed by atoms with E-state index in [1.807, 2.05) is 13.8 Å². The van der Waals surface area contributed by atoms with Crippen LogP contribution in [0.3, 0.4) is 0 Å². The molecule has 0 saturated heterocycles. The molecule has 1 fully saturated rings. The molecule has 3 N–H and O–H groups in total. The number of carbonyl (C=O) groups is 2. The van der Waals surface area contributed by atoms with Gasteiger partial charge in [0.05, 0.1) is 6.42 Å². The van der Waals surface area contributed by atoms with Crippen LogP contribution in [0.25, 0.3) is 0 Å². The maximum Gasteiger partial charge on any atom is 0.315 e. The zero-order valence-electron chi connectivity index (χ0n) is 13.0. The van der Waals surface area contributed by atoms with E-state index in [1.54, 1.807) is 0 Å². The van der Waals surface area contributed by atoms with Gasteiger partial charge in [0.25, 0.3) is 0 Å². The largest absolute Gasteiger partial charge is 0.481 e. The third kappa shape index (κ3) is 5.80. The van der Waals surface area contributed by atoms with Crippen LogP contribution in [0.2, 0.25) is 0 Å². The molecule has 3 atom stereocenters. The molecule has 1 aliphatic rings. The van der Waals surface area contributed by atoms with Gasteiger partial charge in [-0.05, 0) is 37.0 Å². The minimum atomic E-state index is -0.885. The fraction of sp³-hybridized carbons (Fsp3) is 0.867. The number of amides is 2. The first kappa shape index (κ1) is 16.8. The molecule has 0 heterocycles. The molecule has 0 aromatic rings. The topological polar surface area (TPSA) is 78.4 Å². The summed E-state index contributed by atoms with van der Waals surface area (Å²) in [6.07, 6.45) is 3.18. The van der Waals surface area contributed by atoms with E-state index in [9.17, 15) is 9.59 Å². The number of hydrogen-bond acceptors (Lipinski definition) is 2. The molecule has 1 aliphatic carbocycles. The Kier molecular flexibility index (Phi) is 6.30. The van der Waals surface area contributed by atoms with E-state index in [0.29, 0.717) is 11.8 Å². The Labute approximate surface area is 121 Å². The summed E-state index contributed by atoms with van der Waals surface area (Å²) in [5, 5.41) is 14.7. The number of hydrogen-bond donors (Lipinski definition) is 3. The van der Waals surface area contributed by atoms with Gasteiger partial charge in [-0.15, -0.1) is 0 Å². The van der Waals surface area contributed by atoms with Gasteiger partial charge in [0.2, 0.25) is 0 Å². The van der Waals surface area contributed by atoms with E-state index < -0.39 is 5.97 Å². The Hall–Kier alpha value is -1.26. The molecular weight excluding hydrogens is 256 g/mol. The molecule has 0 aliphatic heterocycles. The van der Waals surface area contributed by atoms with Crippen molar-refractivity contribution >= 4 is 12.0 Å². The molecule has 1 rings (SSSR count). The van der Waals surface area contributed by atoms with Crippen LogP contribution in [-0.2, 0) is 4.79 Å². The average Bonchev–Trinajstić information content (AvgIpc) is 2.25. The molecule has 0 radical (unpaired) electrons. The summed E-state index contributed by atoms with van der Waals surface area (Å²) in [5.74, 6) is 0.470. The lowest BCUT2D eigenvalue weighted by atomic mass is 9.80. The van der Waals surface area contributed by atoms with Crippen molar-refractivity contribution in [3.05, 3.63) is 0 Å². The fourth-order valence-corrected chi connectivity index (χ4v) is 3.10. The standard InChI is InChI=1S/C15H28N2O3/c1-9(2)13(8-14(18)19)17-15(20)16-12-6-10(3)5-11(4)7-12/h9-13H,5-8H2,1-4H3,(H,18,19)(H2,16,17,20). The number of aliphatic carboxylic acids is 1. The molecule has 116 valence electrons. The van der Waals surface area contributed by atoms with Crippen LogP contribution in [0.4, 0.5) is 4.79 Å². The van der Waals surface area contributed by atoms with Crippen molar-refractivity contribution < 1.29 is 14.7 Å². The molecule has 0 bridgehead atoms. The average molecular weight is 284 g/mol. The predicted octanol–water partition coefficient (Wildman–Crippen LogP) is 2.61. The molecule has 5 nitrogen and oxygen atoms in total. The Bertz CT molecular complexity index is 334. The molecule has 0 aromatic heterocycles. The first-order valence-electron chi connectivity index (χ1n) is 7.56. The Balaban J connectivity index is 2.46. The minimum absolute atomic E-state index is 0.0391. The lowest BCUT2D eigenvalue weighted by Gasteiger charge is -2.32. The van der Waals surface area contributed by atoms with Crippen molar-refractivity contribution in [2.24, 2.45) is 17.8 Å². The van der Waals surface area contributed by atoms with Crippen LogP contribution in [0.5, 0.6) is 0 Å².